The number of aromatic amines is 1. The minimum Gasteiger partial charge on any atom is -0.234 e. The molecule has 1 aromatic heterocycles. The molecule has 1 aliphatic heterocycles. The molecule has 0 bridgehead atoms. The molecule has 0 saturated carbocycles. The van der Waals surface area contributed by atoms with Crippen molar-refractivity contribution in [2.24, 2.45) is 4.99 Å². The Balaban J connectivity index is 0.000000306. The Morgan fingerprint density at radius 2 is 2.05 bits per heavy atom. The topological polar surface area (TPSA) is 125 Å². The Bertz CT molecular complexity index is 605. The SMILES string of the molecule is C[N+]1=CC=NC1.O=S(=O)(F)c1n[nH]c(F)n1.O=S=O. The molecule has 0 aliphatic carbocycles. The van der Waals surface area contributed by atoms with Gasteiger partial charge in [-0.3, -0.25) is 0 Å². The largest absolute Gasteiger partial charge is 0.370 e. The molecule has 0 fully saturated rings. The highest BCUT2D eigenvalue weighted by Gasteiger charge is 2.18. The maximum atomic E-state index is 11.8. The fraction of sp³-hybridized carbons (Fsp3) is 0.333. The van der Waals surface area contributed by atoms with Gasteiger partial charge in [-0.05, 0) is 0 Å². The van der Waals surface area contributed by atoms with Crippen LogP contribution in [0.2, 0.25) is 0 Å². The molecule has 1 N–H and O–H groups in total. The molecule has 0 aromatic carbocycles. The summed E-state index contributed by atoms with van der Waals surface area (Å²) in [6.07, 6.45) is 2.51. The molecule has 0 amide bonds. The average molecular weight is 316 g/mol. The second-order valence-electron chi connectivity index (χ2n) is 2.79. The van der Waals surface area contributed by atoms with Gasteiger partial charge in [0.1, 0.15) is 7.05 Å². The first-order valence-electron chi connectivity index (χ1n) is 4.29. The first kappa shape index (κ1) is 17.1. The van der Waals surface area contributed by atoms with Crippen LogP contribution < -0.4 is 0 Å². The zero-order valence-corrected chi connectivity index (χ0v) is 11.0. The van der Waals surface area contributed by atoms with E-state index in [1.807, 2.05) is 17.8 Å². The number of halogens is 2. The van der Waals surface area contributed by atoms with E-state index in [0.717, 1.165) is 6.67 Å². The Morgan fingerprint density at radius 1 is 1.47 bits per heavy atom. The number of nitrogens with zero attached hydrogens (tertiary/aromatic N) is 4. The number of hydrogen-bond acceptors (Lipinski definition) is 7. The monoisotopic (exact) mass is 316 g/mol. The Hall–Kier alpha value is -1.89. The van der Waals surface area contributed by atoms with Crippen LogP contribution >= 0.6 is 0 Å². The fourth-order valence-corrected chi connectivity index (χ4v) is 1.06. The number of aromatic nitrogens is 3. The molecular formula is C6H8F2N5O4S2+. The minimum atomic E-state index is -4.98. The summed E-state index contributed by atoms with van der Waals surface area (Å²) >= 11 is -0.750. The van der Waals surface area contributed by atoms with E-state index in [-0.39, 0.29) is 0 Å². The molecule has 0 saturated heterocycles. The number of nitrogens with one attached hydrogen (secondary N) is 1. The maximum Gasteiger partial charge on any atom is 0.370 e. The van der Waals surface area contributed by atoms with Crippen LogP contribution in [0.1, 0.15) is 0 Å². The van der Waals surface area contributed by atoms with Crippen LogP contribution in [-0.2, 0) is 21.8 Å². The molecule has 2 rings (SSSR count). The highest BCUT2D eigenvalue weighted by atomic mass is 32.3. The number of rotatable bonds is 1. The van der Waals surface area contributed by atoms with Crippen LogP contribution in [0.15, 0.2) is 10.1 Å². The molecule has 0 unspecified atom stereocenters. The molecule has 106 valence electrons. The highest BCUT2D eigenvalue weighted by Crippen LogP contribution is 2.03. The lowest BCUT2D eigenvalue weighted by atomic mass is 10.8. The van der Waals surface area contributed by atoms with E-state index >= 15 is 0 Å². The van der Waals surface area contributed by atoms with E-state index in [4.69, 9.17) is 8.42 Å². The van der Waals surface area contributed by atoms with Crippen LogP contribution in [-0.4, -0.2) is 62.7 Å². The fourth-order valence-electron chi connectivity index (χ4n) is 0.721. The molecule has 0 radical (unpaired) electrons. The normalized spacial score (nSPS) is 12.7. The van der Waals surface area contributed by atoms with Crippen LogP contribution in [0.3, 0.4) is 0 Å². The van der Waals surface area contributed by atoms with Crippen molar-refractivity contribution in [1.82, 2.24) is 15.2 Å². The first-order chi connectivity index (χ1) is 8.81. The molecular weight excluding hydrogens is 308 g/mol. The summed E-state index contributed by atoms with van der Waals surface area (Å²) in [4.78, 5) is 6.50. The van der Waals surface area contributed by atoms with E-state index in [2.05, 4.69) is 15.1 Å². The van der Waals surface area contributed by atoms with E-state index in [1.165, 1.54) is 5.10 Å². The van der Waals surface area contributed by atoms with Crippen molar-refractivity contribution in [2.75, 3.05) is 13.7 Å². The summed E-state index contributed by atoms with van der Waals surface area (Å²) in [5.41, 5.74) is 0. The lowest BCUT2D eigenvalue weighted by Gasteiger charge is -1.78. The van der Waals surface area contributed by atoms with Gasteiger partial charge in [0.05, 0.1) is 6.21 Å². The molecule has 0 atom stereocenters. The third kappa shape index (κ3) is 7.93. The summed E-state index contributed by atoms with van der Waals surface area (Å²) in [6.45, 7) is 0.833. The van der Waals surface area contributed by atoms with E-state index in [0.29, 0.717) is 0 Å². The van der Waals surface area contributed by atoms with Crippen molar-refractivity contribution >= 4 is 34.2 Å². The predicted octanol–water partition coefficient (Wildman–Crippen LogP) is -1.33. The zero-order valence-electron chi connectivity index (χ0n) is 9.36. The van der Waals surface area contributed by atoms with Crippen LogP contribution in [0.4, 0.5) is 8.28 Å². The second-order valence-corrected chi connectivity index (χ2v) is 4.17. The Labute approximate surface area is 109 Å². The van der Waals surface area contributed by atoms with Gasteiger partial charge in [-0.1, -0.05) is 3.89 Å². The van der Waals surface area contributed by atoms with Gasteiger partial charge in [0.15, 0.2) is 6.21 Å². The summed E-state index contributed by atoms with van der Waals surface area (Å²) < 4.78 is 61.9. The second kappa shape index (κ2) is 8.25. The van der Waals surface area contributed by atoms with Gasteiger partial charge in [-0.2, -0.15) is 26.2 Å². The molecule has 13 heteroatoms. The average Bonchev–Trinajstić information content (AvgIpc) is 2.90. The Kier molecular flexibility index (Phi) is 7.43. The number of H-pyrrole nitrogens is 1. The number of hydrogen-bond donors (Lipinski definition) is 1. The van der Waals surface area contributed by atoms with Crippen LogP contribution in [0.25, 0.3) is 0 Å². The molecule has 19 heavy (non-hydrogen) atoms. The highest BCUT2D eigenvalue weighted by molar-refractivity contribution is 7.86. The molecule has 1 aliphatic rings. The van der Waals surface area contributed by atoms with E-state index in [9.17, 15) is 16.7 Å². The van der Waals surface area contributed by atoms with Crippen molar-refractivity contribution in [3.63, 3.8) is 0 Å². The number of aliphatic imine (C=N–C) groups is 1. The quantitative estimate of drug-likeness (QED) is 0.505. The van der Waals surface area contributed by atoms with Gasteiger partial charge < -0.3 is 0 Å². The minimum absolute atomic E-state index is 0.750. The lowest BCUT2D eigenvalue weighted by molar-refractivity contribution is -0.485. The summed E-state index contributed by atoms with van der Waals surface area (Å²) in [7, 11) is -2.98. The summed E-state index contributed by atoms with van der Waals surface area (Å²) in [6, 6.07) is 0. The summed E-state index contributed by atoms with van der Waals surface area (Å²) in [5.74, 6) is 0. The van der Waals surface area contributed by atoms with Gasteiger partial charge in [-0.15, -0.1) is 5.10 Å². The van der Waals surface area contributed by atoms with Gasteiger partial charge in [-0.25, -0.2) is 14.7 Å². The molecule has 9 nitrogen and oxygen atoms in total. The van der Waals surface area contributed by atoms with Gasteiger partial charge >= 0.3 is 33.0 Å². The zero-order chi connectivity index (χ0) is 14.9. The smallest absolute Gasteiger partial charge is 0.234 e. The molecule has 2 heterocycles. The lowest BCUT2D eigenvalue weighted by Crippen LogP contribution is -1.98. The summed E-state index contributed by atoms with van der Waals surface area (Å²) in [5, 5.41) is 3.05. The van der Waals surface area contributed by atoms with E-state index in [1.54, 1.807) is 6.21 Å². The van der Waals surface area contributed by atoms with Gasteiger partial charge in [0, 0.05) is 0 Å². The molecule has 0 spiro atoms. The first-order valence-corrected chi connectivity index (χ1v) is 6.34. The van der Waals surface area contributed by atoms with Gasteiger partial charge in [0.25, 0.3) is 0 Å². The van der Waals surface area contributed by atoms with Crippen molar-refractivity contribution in [2.45, 2.75) is 5.16 Å². The van der Waals surface area contributed by atoms with Gasteiger partial charge in [0.2, 0.25) is 6.67 Å². The third-order valence-electron chi connectivity index (χ3n) is 1.39. The van der Waals surface area contributed by atoms with Crippen LogP contribution in [0, 0.1) is 6.08 Å². The Morgan fingerprint density at radius 3 is 2.21 bits per heavy atom. The predicted molar refractivity (Wildman–Crippen MR) is 59.2 cm³/mol. The van der Waals surface area contributed by atoms with Crippen molar-refractivity contribution in [3.05, 3.63) is 6.08 Å². The van der Waals surface area contributed by atoms with Crippen LogP contribution in [0.5, 0.6) is 0 Å². The third-order valence-corrected chi connectivity index (χ3v) is 2.01. The van der Waals surface area contributed by atoms with Crippen molar-refractivity contribution in [1.29, 1.82) is 0 Å². The maximum absolute atomic E-state index is 11.8. The van der Waals surface area contributed by atoms with Crippen molar-refractivity contribution in [3.8, 4) is 0 Å². The standard InChI is InChI=1S/C4H7N2.C2HF2N3O2S.O2S/c1-6-3-2-5-4-6;3-1-5-2(7-6-1)10(4,8)9;1-3-2/h2-3H,4H2,1H3;(H,5,6,7);/q+1;;. The molecule has 1 aromatic rings. The van der Waals surface area contributed by atoms with E-state index < -0.39 is 33.0 Å². The van der Waals surface area contributed by atoms with Crippen molar-refractivity contribution < 1.29 is 29.7 Å².